The molecule has 3 N–H and O–H groups in total. The molecule has 4 nitrogen and oxygen atoms in total. The molecule has 0 aliphatic heterocycles. The average Bonchev–Trinajstić information content (AvgIpc) is 2.37. The van der Waals surface area contributed by atoms with Gasteiger partial charge in [0.2, 0.25) is 0 Å². The molecule has 0 aliphatic carbocycles. The molecule has 0 saturated heterocycles. The monoisotopic (exact) mass is 261 g/mol. The SMILES string of the molecule is COc1ccc(F)cc1-c1cc(N)cc(C(=O)O)c1. The van der Waals surface area contributed by atoms with Crippen LogP contribution in [0.3, 0.4) is 0 Å². The van der Waals surface area contributed by atoms with Gasteiger partial charge in [0, 0.05) is 11.3 Å². The number of hydrogen-bond acceptors (Lipinski definition) is 3. The number of ether oxygens (including phenoxy) is 1. The van der Waals surface area contributed by atoms with E-state index in [1.807, 2.05) is 0 Å². The van der Waals surface area contributed by atoms with E-state index >= 15 is 0 Å². The lowest BCUT2D eigenvalue weighted by molar-refractivity contribution is 0.0697. The molecular formula is C14H12FNO3. The lowest BCUT2D eigenvalue weighted by Crippen LogP contribution is -1.99. The molecule has 0 aliphatic rings. The van der Waals surface area contributed by atoms with Gasteiger partial charge in [-0.1, -0.05) is 0 Å². The molecule has 2 aromatic carbocycles. The van der Waals surface area contributed by atoms with Gasteiger partial charge in [0.25, 0.3) is 0 Å². The van der Waals surface area contributed by atoms with Crippen molar-refractivity contribution in [3.05, 3.63) is 47.8 Å². The number of carboxylic acids is 1. The first kappa shape index (κ1) is 12.9. The Balaban J connectivity index is 2.64. The van der Waals surface area contributed by atoms with Gasteiger partial charge in [-0.15, -0.1) is 0 Å². The Hall–Kier alpha value is -2.56. The van der Waals surface area contributed by atoms with E-state index in [4.69, 9.17) is 15.6 Å². The summed E-state index contributed by atoms with van der Waals surface area (Å²) in [5, 5.41) is 9.00. The Morgan fingerprint density at radius 2 is 2.00 bits per heavy atom. The molecule has 0 atom stereocenters. The van der Waals surface area contributed by atoms with E-state index in [2.05, 4.69) is 0 Å². The van der Waals surface area contributed by atoms with Crippen molar-refractivity contribution >= 4 is 11.7 Å². The fourth-order valence-corrected chi connectivity index (χ4v) is 1.84. The number of hydrogen-bond donors (Lipinski definition) is 2. The fourth-order valence-electron chi connectivity index (χ4n) is 1.84. The minimum atomic E-state index is -1.09. The molecule has 0 bridgehead atoms. The summed E-state index contributed by atoms with van der Waals surface area (Å²) in [6.45, 7) is 0. The maximum atomic E-state index is 13.3. The van der Waals surface area contributed by atoms with Gasteiger partial charge < -0.3 is 15.6 Å². The van der Waals surface area contributed by atoms with Gasteiger partial charge in [0.05, 0.1) is 12.7 Å². The number of nitrogen functional groups attached to an aromatic ring is 1. The van der Waals surface area contributed by atoms with Crippen LogP contribution in [-0.4, -0.2) is 18.2 Å². The molecule has 0 aromatic heterocycles. The predicted octanol–water partition coefficient (Wildman–Crippen LogP) is 2.78. The molecule has 0 saturated carbocycles. The molecule has 2 aromatic rings. The highest BCUT2D eigenvalue weighted by Crippen LogP contribution is 2.32. The topological polar surface area (TPSA) is 72.5 Å². The Kier molecular flexibility index (Phi) is 3.37. The summed E-state index contributed by atoms with van der Waals surface area (Å²) in [5.74, 6) is -1.08. The normalized spacial score (nSPS) is 10.2. The molecule has 2 rings (SSSR count). The fraction of sp³-hybridized carbons (Fsp3) is 0.0714. The first-order valence-electron chi connectivity index (χ1n) is 5.49. The van der Waals surface area contributed by atoms with Crippen molar-refractivity contribution in [3.8, 4) is 16.9 Å². The highest BCUT2D eigenvalue weighted by atomic mass is 19.1. The van der Waals surface area contributed by atoms with Gasteiger partial charge in [-0.3, -0.25) is 0 Å². The van der Waals surface area contributed by atoms with Gasteiger partial charge in [0.15, 0.2) is 0 Å². The lowest BCUT2D eigenvalue weighted by atomic mass is 10.0. The summed E-state index contributed by atoms with van der Waals surface area (Å²) in [6.07, 6.45) is 0. The zero-order valence-corrected chi connectivity index (χ0v) is 10.2. The second kappa shape index (κ2) is 4.97. The van der Waals surface area contributed by atoms with Crippen LogP contribution in [0.5, 0.6) is 5.75 Å². The van der Waals surface area contributed by atoms with Crippen LogP contribution in [0, 0.1) is 5.82 Å². The van der Waals surface area contributed by atoms with Crippen molar-refractivity contribution < 1.29 is 19.0 Å². The lowest BCUT2D eigenvalue weighted by Gasteiger charge is -2.10. The van der Waals surface area contributed by atoms with Crippen molar-refractivity contribution in [3.63, 3.8) is 0 Å². The Morgan fingerprint density at radius 3 is 2.63 bits per heavy atom. The average molecular weight is 261 g/mol. The maximum Gasteiger partial charge on any atom is 0.335 e. The number of benzene rings is 2. The number of aromatic carboxylic acids is 1. The second-order valence-electron chi connectivity index (χ2n) is 3.99. The third-order valence-electron chi connectivity index (χ3n) is 2.67. The smallest absolute Gasteiger partial charge is 0.335 e. The van der Waals surface area contributed by atoms with Crippen molar-refractivity contribution in [2.45, 2.75) is 0 Å². The first-order chi connectivity index (χ1) is 9.01. The number of rotatable bonds is 3. The summed E-state index contributed by atoms with van der Waals surface area (Å²) in [5.41, 5.74) is 6.95. The van der Waals surface area contributed by atoms with E-state index in [0.717, 1.165) is 0 Å². The molecule has 0 radical (unpaired) electrons. The molecule has 0 fully saturated rings. The highest BCUT2D eigenvalue weighted by molar-refractivity contribution is 5.91. The zero-order valence-electron chi connectivity index (χ0n) is 10.2. The predicted molar refractivity (Wildman–Crippen MR) is 69.8 cm³/mol. The minimum absolute atomic E-state index is 0.0429. The number of halogens is 1. The van der Waals surface area contributed by atoms with Gasteiger partial charge in [-0.25, -0.2) is 9.18 Å². The van der Waals surface area contributed by atoms with Crippen LogP contribution < -0.4 is 10.5 Å². The summed E-state index contributed by atoms with van der Waals surface area (Å²) >= 11 is 0. The van der Waals surface area contributed by atoms with Gasteiger partial charge in [0.1, 0.15) is 11.6 Å². The molecule has 98 valence electrons. The van der Waals surface area contributed by atoms with E-state index in [-0.39, 0.29) is 5.56 Å². The second-order valence-corrected chi connectivity index (χ2v) is 3.99. The quantitative estimate of drug-likeness (QED) is 0.833. The van der Waals surface area contributed by atoms with Crippen LogP contribution in [0.2, 0.25) is 0 Å². The van der Waals surface area contributed by atoms with Crippen molar-refractivity contribution in [2.75, 3.05) is 12.8 Å². The number of anilines is 1. The van der Waals surface area contributed by atoms with Crippen molar-refractivity contribution in [1.29, 1.82) is 0 Å². The van der Waals surface area contributed by atoms with Crippen LogP contribution in [0.25, 0.3) is 11.1 Å². The number of carbonyl (C=O) groups is 1. The van der Waals surface area contributed by atoms with E-state index < -0.39 is 11.8 Å². The minimum Gasteiger partial charge on any atom is -0.496 e. The molecule has 19 heavy (non-hydrogen) atoms. The number of methoxy groups -OCH3 is 1. The molecule has 0 spiro atoms. The van der Waals surface area contributed by atoms with Crippen LogP contribution in [0.4, 0.5) is 10.1 Å². The summed E-state index contributed by atoms with van der Waals surface area (Å²) < 4.78 is 18.5. The molecule has 0 unspecified atom stereocenters. The Labute approximate surface area is 109 Å². The van der Waals surface area contributed by atoms with Crippen molar-refractivity contribution in [1.82, 2.24) is 0 Å². The summed E-state index contributed by atoms with van der Waals surface area (Å²) in [6, 6.07) is 8.37. The summed E-state index contributed by atoms with van der Waals surface area (Å²) in [7, 11) is 1.46. The third-order valence-corrected chi connectivity index (χ3v) is 2.67. The van der Waals surface area contributed by atoms with Gasteiger partial charge >= 0.3 is 5.97 Å². The van der Waals surface area contributed by atoms with Crippen molar-refractivity contribution in [2.24, 2.45) is 0 Å². The third kappa shape index (κ3) is 2.65. The number of carboxylic acid groups (broad SMARTS) is 1. The zero-order chi connectivity index (χ0) is 14.0. The molecule has 0 heterocycles. The van der Waals surface area contributed by atoms with Gasteiger partial charge in [-0.2, -0.15) is 0 Å². The highest BCUT2D eigenvalue weighted by Gasteiger charge is 2.11. The standard InChI is InChI=1S/C14H12FNO3/c1-19-13-3-2-10(15)7-12(13)8-4-9(14(17)18)6-11(16)5-8/h2-7H,16H2,1H3,(H,17,18). The maximum absolute atomic E-state index is 13.3. The Bertz CT molecular complexity index is 641. The molecular weight excluding hydrogens is 249 g/mol. The van der Waals surface area contributed by atoms with Crippen LogP contribution in [-0.2, 0) is 0 Å². The van der Waals surface area contributed by atoms with Crippen LogP contribution >= 0.6 is 0 Å². The molecule has 5 heteroatoms. The number of nitrogens with two attached hydrogens (primary N) is 1. The van der Waals surface area contributed by atoms with Crippen LogP contribution in [0.1, 0.15) is 10.4 Å². The summed E-state index contributed by atoms with van der Waals surface area (Å²) in [4.78, 5) is 11.0. The Morgan fingerprint density at radius 1 is 1.26 bits per heavy atom. The van der Waals surface area contributed by atoms with E-state index in [9.17, 15) is 9.18 Å². The van der Waals surface area contributed by atoms with Crippen LogP contribution in [0.15, 0.2) is 36.4 Å². The van der Waals surface area contributed by atoms with E-state index in [1.165, 1.54) is 37.4 Å². The van der Waals surface area contributed by atoms with Gasteiger partial charge in [-0.05, 0) is 42.0 Å². The first-order valence-corrected chi connectivity index (χ1v) is 5.49. The van der Waals surface area contributed by atoms with E-state index in [1.54, 1.807) is 6.07 Å². The molecule has 0 amide bonds. The van der Waals surface area contributed by atoms with E-state index in [0.29, 0.717) is 22.6 Å². The largest absolute Gasteiger partial charge is 0.496 e.